The molecule has 0 radical (unpaired) electrons. The first-order valence-electron chi connectivity index (χ1n) is 8.59. The standard InChI is InChI=1S/C16H29N3/c1-2-13(10-17-7-1)11-19(15-3-4-15)16-12-18-8-5-14(16)6-9-18/h13-17H,1-12H2. The zero-order chi connectivity index (χ0) is 12.7. The van der Waals surface area contributed by atoms with Crippen LogP contribution < -0.4 is 5.32 Å². The average Bonchev–Trinajstić information content (AvgIpc) is 3.32. The summed E-state index contributed by atoms with van der Waals surface area (Å²) in [6.45, 7) is 8.04. The van der Waals surface area contributed by atoms with Crippen LogP contribution in [0.3, 0.4) is 0 Å². The molecule has 4 saturated heterocycles. The molecule has 2 atom stereocenters. The quantitative estimate of drug-likeness (QED) is 0.830. The van der Waals surface area contributed by atoms with Gasteiger partial charge in [0.25, 0.3) is 0 Å². The van der Waals surface area contributed by atoms with Crippen molar-refractivity contribution in [2.45, 2.75) is 50.6 Å². The zero-order valence-electron chi connectivity index (χ0n) is 12.2. The summed E-state index contributed by atoms with van der Waals surface area (Å²) in [5.41, 5.74) is 0. The number of hydrogen-bond donors (Lipinski definition) is 1. The highest BCUT2D eigenvalue weighted by Gasteiger charge is 2.43. The van der Waals surface area contributed by atoms with Crippen LogP contribution in [0, 0.1) is 11.8 Å². The van der Waals surface area contributed by atoms with Gasteiger partial charge in [0.2, 0.25) is 0 Å². The van der Waals surface area contributed by atoms with Crippen LogP contribution >= 0.6 is 0 Å². The Morgan fingerprint density at radius 1 is 1.05 bits per heavy atom. The van der Waals surface area contributed by atoms with Crippen molar-refractivity contribution < 1.29 is 0 Å². The first-order chi connectivity index (χ1) is 9.40. The van der Waals surface area contributed by atoms with Crippen LogP contribution in [0.15, 0.2) is 0 Å². The fraction of sp³-hybridized carbons (Fsp3) is 1.00. The summed E-state index contributed by atoms with van der Waals surface area (Å²) in [5, 5.41) is 3.60. The highest BCUT2D eigenvalue weighted by atomic mass is 15.3. The van der Waals surface area contributed by atoms with Crippen molar-refractivity contribution in [2.24, 2.45) is 11.8 Å². The van der Waals surface area contributed by atoms with Crippen LogP contribution in [0.25, 0.3) is 0 Å². The van der Waals surface area contributed by atoms with Gasteiger partial charge in [0.05, 0.1) is 0 Å². The van der Waals surface area contributed by atoms with E-state index in [0.717, 1.165) is 23.9 Å². The summed E-state index contributed by atoms with van der Waals surface area (Å²) in [4.78, 5) is 5.67. The average molecular weight is 263 g/mol. The first-order valence-corrected chi connectivity index (χ1v) is 8.59. The third-order valence-corrected chi connectivity index (χ3v) is 5.93. The molecule has 5 rings (SSSR count). The number of fused-ring (bicyclic) bond motifs is 3. The van der Waals surface area contributed by atoms with Gasteiger partial charge in [-0.3, -0.25) is 4.90 Å². The number of hydrogen-bond acceptors (Lipinski definition) is 3. The van der Waals surface area contributed by atoms with Crippen LogP contribution in [0.5, 0.6) is 0 Å². The lowest BCUT2D eigenvalue weighted by atomic mass is 9.82. The largest absolute Gasteiger partial charge is 0.316 e. The molecule has 0 spiro atoms. The van der Waals surface area contributed by atoms with Crippen LogP contribution in [-0.2, 0) is 0 Å². The molecule has 0 amide bonds. The monoisotopic (exact) mass is 263 g/mol. The zero-order valence-corrected chi connectivity index (χ0v) is 12.2. The van der Waals surface area contributed by atoms with E-state index >= 15 is 0 Å². The third-order valence-electron chi connectivity index (χ3n) is 5.93. The molecule has 3 heteroatoms. The number of rotatable bonds is 4. The van der Waals surface area contributed by atoms with Gasteiger partial charge in [-0.15, -0.1) is 0 Å². The van der Waals surface area contributed by atoms with E-state index in [0.29, 0.717) is 0 Å². The molecule has 4 heterocycles. The highest BCUT2D eigenvalue weighted by molar-refractivity contribution is 4.98. The van der Waals surface area contributed by atoms with Gasteiger partial charge in [-0.25, -0.2) is 0 Å². The van der Waals surface area contributed by atoms with Gasteiger partial charge >= 0.3 is 0 Å². The minimum absolute atomic E-state index is 0.900. The summed E-state index contributed by atoms with van der Waals surface area (Å²) >= 11 is 0. The fourth-order valence-electron chi connectivity index (χ4n) is 4.65. The van der Waals surface area contributed by atoms with Crippen molar-refractivity contribution in [3.8, 4) is 0 Å². The Kier molecular flexibility index (Phi) is 3.55. The van der Waals surface area contributed by atoms with E-state index in [1.54, 1.807) is 0 Å². The molecule has 3 nitrogen and oxygen atoms in total. The molecule has 5 aliphatic rings. The summed E-state index contributed by atoms with van der Waals surface area (Å²) in [7, 11) is 0. The van der Waals surface area contributed by atoms with Gasteiger partial charge in [0.15, 0.2) is 0 Å². The summed E-state index contributed by atoms with van der Waals surface area (Å²) in [6.07, 6.45) is 8.74. The van der Waals surface area contributed by atoms with Crippen molar-refractivity contribution in [2.75, 3.05) is 39.3 Å². The fourth-order valence-corrected chi connectivity index (χ4v) is 4.65. The van der Waals surface area contributed by atoms with Crippen molar-refractivity contribution in [3.63, 3.8) is 0 Å². The Labute approximate surface area is 117 Å². The molecule has 5 fully saturated rings. The molecular weight excluding hydrogens is 234 g/mol. The third kappa shape index (κ3) is 2.70. The molecular formula is C16H29N3. The Bertz CT molecular complexity index is 301. The van der Waals surface area contributed by atoms with Gasteiger partial charge in [0, 0.05) is 25.2 Å². The second-order valence-corrected chi connectivity index (χ2v) is 7.35. The maximum absolute atomic E-state index is 3.60. The Hall–Kier alpha value is -0.120. The normalized spacial score (nSPS) is 42.8. The second-order valence-electron chi connectivity index (χ2n) is 7.35. The lowest BCUT2D eigenvalue weighted by molar-refractivity contribution is -0.00683. The molecule has 1 saturated carbocycles. The van der Waals surface area contributed by atoms with E-state index in [9.17, 15) is 0 Å². The van der Waals surface area contributed by atoms with Crippen molar-refractivity contribution in [1.82, 2.24) is 15.1 Å². The maximum atomic E-state index is 3.60. The summed E-state index contributed by atoms with van der Waals surface area (Å²) < 4.78 is 0. The predicted molar refractivity (Wildman–Crippen MR) is 78.3 cm³/mol. The molecule has 0 aromatic carbocycles. The number of nitrogens with zero attached hydrogens (tertiary/aromatic N) is 2. The molecule has 2 unspecified atom stereocenters. The molecule has 2 bridgehead atoms. The van der Waals surface area contributed by atoms with Crippen molar-refractivity contribution in [3.05, 3.63) is 0 Å². The summed E-state index contributed by atoms with van der Waals surface area (Å²) in [6, 6.07) is 1.85. The smallest absolute Gasteiger partial charge is 0.0255 e. The van der Waals surface area contributed by atoms with Crippen molar-refractivity contribution >= 4 is 0 Å². The topological polar surface area (TPSA) is 18.5 Å². The van der Waals surface area contributed by atoms with E-state index in [1.807, 2.05) is 0 Å². The van der Waals surface area contributed by atoms with E-state index < -0.39 is 0 Å². The van der Waals surface area contributed by atoms with Gasteiger partial charge < -0.3 is 10.2 Å². The van der Waals surface area contributed by atoms with E-state index in [4.69, 9.17) is 0 Å². The minimum Gasteiger partial charge on any atom is -0.316 e. The molecule has 0 aromatic heterocycles. The van der Waals surface area contributed by atoms with Gasteiger partial charge in [-0.05, 0) is 76.5 Å². The number of nitrogens with one attached hydrogen (secondary N) is 1. The SMILES string of the molecule is C1CNCC(CN(C2CC2)C2CN3CCC2CC3)C1. The molecule has 4 aliphatic heterocycles. The van der Waals surface area contributed by atoms with Crippen molar-refractivity contribution in [1.29, 1.82) is 0 Å². The van der Waals surface area contributed by atoms with Crippen LogP contribution in [0.2, 0.25) is 0 Å². The maximum Gasteiger partial charge on any atom is 0.0255 e. The molecule has 1 aliphatic carbocycles. The van der Waals surface area contributed by atoms with E-state index in [1.165, 1.54) is 77.8 Å². The Morgan fingerprint density at radius 3 is 2.47 bits per heavy atom. The molecule has 19 heavy (non-hydrogen) atoms. The lowest BCUT2D eigenvalue weighted by Gasteiger charge is -2.50. The first kappa shape index (κ1) is 12.6. The van der Waals surface area contributed by atoms with Crippen LogP contribution in [0.4, 0.5) is 0 Å². The Balaban J connectivity index is 1.42. The van der Waals surface area contributed by atoms with Gasteiger partial charge in [0.1, 0.15) is 0 Å². The Morgan fingerprint density at radius 2 is 1.89 bits per heavy atom. The van der Waals surface area contributed by atoms with E-state index in [-0.39, 0.29) is 0 Å². The summed E-state index contributed by atoms with van der Waals surface area (Å²) in [5.74, 6) is 1.94. The second kappa shape index (κ2) is 5.34. The molecule has 0 aromatic rings. The van der Waals surface area contributed by atoms with E-state index in [2.05, 4.69) is 15.1 Å². The van der Waals surface area contributed by atoms with Gasteiger partial charge in [-0.1, -0.05) is 0 Å². The van der Waals surface area contributed by atoms with Crippen LogP contribution in [0.1, 0.15) is 38.5 Å². The number of piperidine rings is 4. The highest BCUT2D eigenvalue weighted by Crippen LogP contribution is 2.38. The van der Waals surface area contributed by atoms with Gasteiger partial charge in [-0.2, -0.15) is 0 Å². The molecule has 1 N–H and O–H groups in total. The van der Waals surface area contributed by atoms with Crippen LogP contribution in [-0.4, -0.2) is 61.2 Å². The predicted octanol–water partition coefficient (Wildman–Crippen LogP) is 1.54. The molecule has 108 valence electrons. The minimum atomic E-state index is 0.900. The lowest BCUT2D eigenvalue weighted by Crippen LogP contribution is -2.59.